The molecule has 3 aromatic rings. The van der Waals surface area contributed by atoms with E-state index in [1.807, 2.05) is 60.7 Å². The van der Waals surface area contributed by atoms with Gasteiger partial charge in [-0.2, -0.15) is 0 Å². The van der Waals surface area contributed by atoms with Crippen molar-refractivity contribution in [3.63, 3.8) is 0 Å². The van der Waals surface area contributed by atoms with E-state index < -0.39 is 24.2 Å². The van der Waals surface area contributed by atoms with Crippen molar-refractivity contribution in [2.75, 3.05) is 0 Å². The number of aliphatic hydroxyl groups excluding tert-OH is 2. The van der Waals surface area contributed by atoms with Crippen LogP contribution in [0.4, 0.5) is 0 Å². The number of aromatic hydroxyl groups is 1. The highest BCUT2D eigenvalue weighted by Gasteiger charge is 2.34. The fourth-order valence-electron chi connectivity index (χ4n) is 4.55. The number of aliphatic hydroxyl groups is 2. The summed E-state index contributed by atoms with van der Waals surface area (Å²) in [6, 6.07) is 23.9. The van der Waals surface area contributed by atoms with Crippen LogP contribution in [0.1, 0.15) is 34.7 Å². The van der Waals surface area contributed by atoms with Crippen molar-refractivity contribution in [3.05, 3.63) is 101 Å². The first-order valence-corrected chi connectivity index (χ1v) is 11.1. The van der Waals surface area contributed by atoms with E-state index in [0.717, 1.165) is 16.7 Å². The number of nitrogens with one attached hydrogen (secondary N) is 1. The molecule has 0 radical (unpaired) electrons. The van der Waals surface area contributed by atoms with E-state index in [0.29, 0.717) is 18.4 Å². The van der Waals surface area contributed by atoms with E-state index >= 15 is 0 Å². The molecule has 0 aliphatic heterocycles. The second-order valence-electron chi connectivity index (χ2n) is 8.57. The van der Waals surface area contributed by atoms with E-state index in [4.69, 9.17) is 0 Å². The molecule has 5 heteroatoms. The highest BCUT2D eigenvalue weighted by molar-refractivity contribution is 5.79. The lowest BCUT2D eigenvalue weighted by atomic mass is 9.90. The lowest BCUT2D eigenvalue weighted by Crippen LogP contribution is -2.39. The summed E-state index contributed by atoms with van der Waals surface area (Å²) in [6.45, 7) is 0. The zero-order valence-corrected chi connectivity index (χ0v) is 17.9. The molecule has 4 atom stereocenters. The predicted octanol–water partition coefficient (Wildman–Crippen LogP) is 3.32. The zero-order valence-electron chi connectivity index (χ0n) is 17.9. The van der Waals surface area contributed by atoms with Crippen molar-refractivity contribution < 1.29 is 20.1 Å². The van der Waals surface area contributed by atoms with Crippen LogP contribution in [0, 0.1) is 5.92 Å². The Morgan fingerprint density at radius 3 is 2.41 bits per heavy atom. The molecule has 0 bridgehead atoms. The fourth-order valence-corrected chi connectivity index (χ4v) is 4.55. The minimum atomic E-state index is -0.788. The number of phenols is 1. The molecule has 1 amide bonds. The molecule has 3 aromatic carbocycles. The van der Waals surface area contributed by atoms with Crippen molar-refractivity contribution in [1.82, 2.24) is 5.32 Å². The van der Waals surface area contributed by atoms with Crippen LogP contribution < -0.4 is 5.32 Å². The lowest BCUT2D eigenvalue weighted by Gasteiger charge is -2.24. The highest BCUT2D eigenvalue weighted by Crippen LogP contribution is 2.32. The summed E-state index contributed by atoms with van der Waals surface area (Å²) in [6.07, 6.45) is 0.0538. The third-order valence-electron chi connectivity index (χ3n) is 6.20. The van der Waals surface area contributed by atoms with Gasteiger partial charge < -0.3 is 20.6 Å². The summed E-state index contributed by atoms with van der Waals surface area (Å²) in [7, 11) is 0. The molecule has 0 fully saturated rings. The van der Waals surface area contributed by atoms with Crippen LogP contribution in [0.15, 0.2) is 78.9 Å². The van der Waals surface area contributed by atoms with Gasteiger partial charge in [0.05, 0.1) is 18.2 Å². The Morgan fingerprint density at radius 2 is 1.62 bits per heavy atom. The van der Waals surface area contributed by atoms with Gasteiger partial charge >= 0.3 is 0 Å². The number of hydrogen-bond acceptors (Lipinski definition) is 4. The smallest absolute Gasteiger partial charge is 0.224 e. The van der Waals surface area contributed by atoms with Gasteiger partial charge in [-0.25, -0.2) is 0 Å². The normalized spacial score (nSPS) is 19.2. The zero-order chi connectivity index (χ0) is 22.5. The van der Waals surface area contributed by atoms with Gasteiger partial charge in [0.15, 0.2) is 0 Å². The van der Waals surface area contributed by atoms with E-state index in [1.165, 1.54) is 0 Å². The van der Waals surface area contributed by atoms with E-state index in [2.05, 4.69) is 5.32 Å². The Balaban J connectivity index is 1.50. The van der Waals surface area contributed by atoms with Gasteiger partial charge in [-0.3, -0.25) is 4.79 Å². The molecule has 0 aromatic heterocycles. The van der Waals surface area contributed by atoms with Crippen molar-refractivity contribution in [1.29, 1.82) is 0 Å². The van der Waals surface area contributed by atoms with Gasteiger partial charge in [0.1, 0.15) is 5.75 Å². The quantitative estimate of drug-likeness (QED) is 0.441. The van der Waals surface area contributed by atoms with Gasteiger partial charge in [-0.05, 0) is 41.2 Å². The van der Waals surface area contributed by atoms with Gasteiger partial charge in [-0.1, -0.05) is 72.8 Å². The van der Waals surface area contributed by atoms with Crippen molar-refractivity contribution in [2.45, 2.75) is 43.9 Å². The molecule has 166 valence electrons. The molecule has 32 heavy (non-hydrogen) atoms. The van der Waals surface area contributed by atoms with Crippen molar-refractivity contribution in [2.24, 2.45) is 5.92 Å². The Bertz CT molecular complexity index is 1050. The SMILES string of the molecule is O=C(N[C@H]1c2ccccc2C[C@H]1O)[C@H](Cc1ccccc1)C[C@H](O)Cc1ccccc1O. The Hall–Kier alpha value is -3.15. The minimum absolute atomic E-state index is 0.140. The number of phenolic OH excluding ortho intramolecular Hbond substituents is 1. The lowest BCUT2D eigenvalue weighted by molar-refractivity contribution is -0.127. The summed E-state index contributed by atoms with van der Waals surface area (Å²) in [5, 5.41) is 34.4. The van der Waals surface area contributed by atoms with Crippen molar-refractivity contribution >= 4 is 5.91 Å². The molecule has 0 heterocycles. The molecule has 5 nitrogen and oxygen atoms in total. The van der Waals surface area contributed by atoms with Gasteiger partial charge in [0.2, 0.25) is 5.91 Å². The molecule has 4 rings (SSSR count). The topological polar surface area (TPSA) is 89.8 Å². The summed E-state index contributed by atoms with van der Waals surface area (Å²) in [5.74, 6) is -0.523. The van der Waals surface area contributed by atoms with Gasteiger partial charge in [-0.15, -0.1) is 0 Å². The van der Waals surface area contributed by atoms with Crippen LogP contribution in [-0.2, 0) is 24.1 Å². The molecule has 0 saturated heterocycles. The summed E-state index contributed by atoms with van der Waals surface area (Å²) >= 11 is 0. The standard InChI is InChI=1S/C27H29NO4/c29-22(15-20-11-5-7-13-24(20)30)16-21(14-18-8-2-1-3-9-18)27(32)28-26-23-12-6-4-10-19(23)17-25(26)31/h1-13,21-22,25-26,29-31H,14-17H2,(H,28,32)/t21-,22-,25-,26+/m1/s1. The first-order valence-electron chi connectivity index (χ1n) is 11.1. The van der Waals surface area contributed by atoms with E-state index in [1.54, 1.807) is 18.2 Å². The molecule has 1 aliphatic rings. The summed E-state index contributed by atoms with van der Waals surface area (Å²) < 4.78 is 0. The fraction of sp³-hybridized carbons (Fsp3) is 0.296. The number of benzene rings is 3. The molecule has 0 saturated carbocycles. The first-order chi connectivity index (χ1) is 15.5. The molecule has 1 aliphatic carbocycles. The number of hydrogen-bond donors (Lipinski definition) is 4. The Labute approximate surface area is 188 Å². The largest absolute Gasteiger partial charge is 0.508 e. The first kappa shape index (κ1) is 22.1. The van der Waals surface area contributed by atoms with Crippen LogP contribution in [0.2, 0.25) is 0 Å². The third kappa shape index (κ3) is 5.18. The number of para-hydroxylation sites is 1. The second kappa shape index (κ2) is 9.98. The number of carbonyl (C=O) groups is 1. The maximum Gasteiger partial charge on any atom is 0.224 e. The van der Waals surface area contributed by atoms with Gasteiger partial charge in [0, 0.05) is 18.8 Å². The Kier molecular flexibility index (Phi) is 6.88. The van der Waals surface area contributed by atoms with Gasteiger partial charge in [0.25, 0.3) is 0 Å². The van der Waals surface area contributed by atoms with Crippen LogP contribution >= 0.6 is 0 Å². The average Bonchev–Trinajstić information content (AvgIpc) is 3.10. The third-order valence-corrected chi connectivity index (χ3v) is 6.20. The van der Waals surface area contributed by atoms with Crippen LogP contribution in [0.5, 0.6) is 5.75 Å². The predicted molar refractivity (Wildman–Crippen MR) is 123 cm³/mol. The molecule has 4 N–H and O–H groups in total. The molecule has 0 spiro atoms. The highest BCUT2D eigenvalue weighted by atomic mass is 16.3. The van der Waals surface area contributed by atoms with E-state index in [-0.39, 0.29) is 24.5 Å². The minimum Gasteiger partial charge on any atom is -0.508 e. The van der Waals surface area contributed by atoms with Crippen LogP contribution in [0.25, 0.3) is 0 Å². The monoisotopic (exact) mass is 431 g/mol. The Morgan fingerprint density at radius 1 is 0.938 bits per heavy atom. The number of carbonyl (C=O) groups excluding carboxylic acids is 1. The number of amides is 1. The van der Waals surface area contributed by atoms with Crippen molar-refractivity contribution in [3.8, 4) is 5.75 Å². The average molecular weight is 432 g/mol. The van der Waals surface area contributed by atoms with Crippen LogP contribution in [0.3, 0.4) is 0 Å². The van der Waals surface area contributed by atoms with Crippen LogP contribution in [-0.4, -0.2) is 33.4 Å². The maximum atomic E-state index is 13.3. The summed E-state index contributed by atoms with van der Waals surface area (Å²) in [4.78, 5) is 13.3. The van der Waals surface area contributed by atoms with E-state index in [9.17, 15) is 20.1 Å². The summed E-state index contributed by atoms with van der Waals surface area (Å²) in [5.41, 5.74) is 3.65. The number of rotatable bonds is 8. The molecular formula is C27H29NO4. The second-order valence-corrected chi connectivity index (χ2v) is 8.57. The molecular weight excluding hydrogens is 402 g/mol. The number of fused-ring (bicyclic) bond motifs is 1. The molecule has 0 unspecified atom stereocenters. The maximum absolute atomic E-state index is 13.3.